The van der Waals surface area contributed by atoms with Crippen LogP contribution in [0.5, 0.6) is 0 Å². The van der Waals surface area contributed by atoms with E-state index in [1.807, 2.05) is 68.7 Å². The molecule has 0 aromatic heterocycles. The van der Waals surface area contributed by atoms with Crippen LogP contribution in [0.1, 0.15) is 22.8 Å². The number of nitrogens with one attached hydrogen (secondary N) is 2. The first-order chi connectivity index (χ1) is 13.9. The van der Waals surface area contributed by atoms with Crippen molar-refractivity contribution in [3.63, 3.8) is 0 Å². The van der Waals surface area contributed by atoms with Gasteiger partial charge in [0.15, 0.2) is 0 Å². The second-order valence-electron chi connectivity index (χ2n) is 7.44. The fourth-order valence-electron chi connectivity index (χ4n) is 3.35. The quantitative estimate of drug-likeness (QED) is 0.648. The molecule has 0 heterocycles. The van der Waals surface area contributed by atoms with E-state index in [9.17, 15) is 9.59 Å². The van der Waals surface area contributed by atoms with Crippen LogP contribution in [0.2, 0.25) is 0 Å². The van der Waals surface area contributed by atoms with Gasteiger partial charge in [-0.05, 0) is 49.0 Å². The minimum Gasteiger partial charge on any atom is -0.350 e. The van der Waals surface area contributed by atoms with E-state index in [4.69, 9.17) is 0 Å². The van der Waals surface area contributed by atoms with Gasteiger partial charge in [-0.2, -0.15) is 0 Å². The van der Waals surface area contributed by atoms with E-state index in [0.29, 0.717) is 17.8 Å². The summed E-state index contributed by atoms with van der Waals surface area (Å²) in [5.74, 6) is -0.399. The van der Waals surface area contributed by atoms with Crippen LogP contribution in [-0.2, 0) is 11.2 Å². The number of likely N-dealkylation sites (N-methyl/N-ethyl adjacent to an activating group) is 1. The van der Waals surface area contributed by atoms with E-state index in [1.54, 1.807) is 0 Å². The van der Waals surface area contributed by atoms with Crippen molar-refractivity contribution in [1.29, 1.82) is 0 Å². The molecule has 0 aliphatic rings. The molecular weight excluding hydrogens is 362 g/mol. The van der Waals surface area contributed by atoms with Crippen LogP contribution in [0.15, 0.2) is 66.7 Å². The second kappa shape index (κ2) is 9.34. The lowest BCUT2D eigenvalue weighted by Gasteiger charge is -2.25. The summed E-state index contributed by atoms with van der Waals surface area (Å²) in [6.07, 6.45) is 0.838. The third-order valence-electron chi connectivity index (χ3n) is 4.98. The smallest absolute Gasteiger partial charge is 0.253 e. The van der Waals surface area contributed by atoms with E-state index < -0.39 is 0 Å². The van der Waals surface area contributed by atoms with Crippen molar-refractivity contribution >= 4 is 28.3 Å². The van der Waals surface area contributed by atoms with Crippen molar-refractivity contribution in [3.05, 3.63) is 77.9 Å². The lowest BCUT2D eigenvalue weighted by molar-refractivity contribution is -0.114. The van der Waals surface area contributed by atoms with Crippen molar-refractivity contribution < 1.29 is 9.59 Å². The zero-order valence-corrected chi connectivity index (χ0v) is 17.1. The molecule has 3 aromatic rings. The predicted molar refractivity (Wildman–Crippen MR) is 118 cm³/mol. The Balaban J connectivity index is 1.79. The lowest BCUT2D eigenvalue weighted by atomic mass is 10.0. The molecule has 3 aromatic carbocycles. The second-order valence-corrected chi connectivity index (χ2v) is 7.44. The van der Waals surface area contributed by atoms with Crippen molar-refractivity contribution in [3.8, 4) is 0 Å². The van der Waals surface area contributed by atoms with Crippen LogP contribution in [0.3, 0.4) is 0 Å². The Hall–Kier alpha value is -3.18. The predicted octanol–water partition coefficient (Wildman–Crippen LogP) is 3.70. The highest BCUT2D eigenvalue weighted by Gasteiger charge is 2.17. The molecule has 0 spiro atoms. The molecule has 0 bridgehead atoms. The first kappa shape index (κ1) is 20.6. The number of carbonyl (C=O) groups is 2. The summed E-state index contributed by atoms with van der Waals surface area (Å²) in [4.78, 5) is 26.7. The van der Waals surface area contributed by atoms with Gasteiger partial charge in [0.1, 0.15) is 0 Å². The molecule has 29 heavy (non-hydrogen) atoms. The highest BCUT2D eigenvalue weighted by molar-refractivity contribution is 6.07. The van der Waals surface area contributed by atoms with Gasteiger partial charge in [0.2, 0.25) is 5.91 Å². The molecule has 0 radical (unpaired) electrons. The van der Waals surface area contributed by atoms with E-state index in [-0.39, 0.29) is 17.9 Å². The standard InChI is InChI=1S/C24H27N3O2/c1-17(28)26-23-15-20-12-8-7-11-19(20)14-22(23)24(29)25-16-21(27(2)3)13-18-9-5-4-6-10-18/h4-12,14-15,21H,13,16H2,1-3H3,(H,25,29)(H,26,28)/t21-/m0/s1. The van der Waals surface area contributed by atoms with Crippen molar-refractivity contribution in [2.75, 3.05) is 26.0 Å². The van der Waals surface area contributed by atoms with Crippen LogP contribution in [0, 0.1) is 0 Å². The highest BCUT2D eigenvalue weighted by Crippen LogP contribution is 2.24. The molecule has 0 saturated heterocycles. The van der Waals surface area contributed by atoms with Crippen LogP contribution in [0.4, 0.5) is 5.69 Å². The molecule has 5 heteroatoms. The maximum Gasteiger partial charge on any atom is 0.253 e. The lowest BCUT2D eigenvalue weighted by Crippen LogP contribution is -2.41. The maximum absolute atomic E-state index is 13.0. The number of anilines is 1. The van der Waals surface area contributed by atoms with Crippen molar-refractivity contribution in [2.24, 2.45) is 0 Å². The molecule has 5 nitrogen and oxygen atoms in total. The van der Waals surface area contributed by atoms with Gasteiger partial charge in [-0.3, -0.25) is 9.59 Å². The van der Waals surface area contributed by atoms with Crippen LogP contribution in [-0.4, -0.2) is 43.4 Å². The van der Waals surface area contributed by atoms with Gasteiger partial charge in [-0.15, -0.1) is 0 Å². The van der Waals surface area contributed by atoms with Crippen molar-refractivity contribution in [2.45, 2.75) is 19.4 Å². The summed E-state index contributed by atoms with van der Waals surface area (Å²) in [5, 5.41) is 7.77. The van der Waals surface area contributed by atoms with Gasteiger partial charge in [0.25, 0.3) is 5.91 Å². The van der Waals surface area contributed by atoms with Crippen LogP contribution >= 0.6 is 0 Å². The van der Waals surface area contributed by atoms with Gasteiger partial charge < -0.3 is 15.5 Å². The summed E-state index contributed by atoms with van der Waals surface area (Å²) >= 11 is 0. The molecule has 0 unspecified atom stereocenters. The number of rotatable bonds is 7. The zero-order valence-electron chi connectivity index (χ0n) is 17.1. The Kier molecular flexibility index (Phi) is 6.62. The average Bonchev–Trinajstić information content (AvgIpc) is 2.70. The molecule has 0 aliphatic heterocycles. The number of fused-ring (bicyclic) bond motifs is 1. The minimum atomic E-state index is -0.204. The SMILES string of the molecule is CC(=O)Nc1cc2ccccc2cc1C(=O)NC[C@H](Cc1ccccc1)N(C)C. The van der Waals surface area contributed by atoms with Gasteiger partial charge >= 0.3 is 0 Å². The molecule has 2 N–H and O–H groups in total. The van der Waals surface area contributed by atoms with Gasteiger partial charge in [-0.1, -0.05) is 54.6 Å². The summed E-state index contributed by atoms with van der Waals surface area (Å²) in [6, 6.07) is 21.9. The minimum absolute atomic E-state index is 0.158. The Morgan fingerprint density at radius 1 is 0.931 bits per heavy atom. The normalized spacial score (nSPS) is 12.0. The third-order valence-corrected chi connectivity index (χ3v) is 4.98. The Morgan fingerprint density at radius 3 is 2.17 bits per heavy atom. The van der Waals surface area contributed by atoms with E-state index >= 15 is 0 Å². The number of hydrogen-bond donors (Lipinski definition) is 2. The first-order valence-corrected chi connectivity index (χ1v) is 9.73. The number of benzene rings is 3. The fourth-order valence-corrected chi connectivity index (χ4v) is 3.35. The largest absolute Gasteiger partial charge is 0.350 e. The Morgan fingerprint density at radius 2 is 1.55 bits per heavy atom. The third kappa shape index (κ3) is 5.42. The molecule has 3 rings (SSSR count). The first-order valence-electron chi connectivity index (χ1n) is 9.73. The monoisotopic (exact) mass is 389 g/mol. The summed E-state index contributed by atoms with van der Waals surface area (Å²) in [7, 11) is 4.02. The highest BCUT2D eigenvalue weighted by atomic mass is 16.2. The Labute approximate surface area is 171 Å². The molecule has 0 saturated carbocycles. The summed E-state index contributed by atoms with van der Waals surface area (Å²) < 4.78 is 0. The molecule has 1 atom stereocenters. The van der Waals surface area contributed by atoms with Gasteiger partial charge in [0, 0.05) is 19.5 Å². The molecule has 150 valence electrons. The number of nitrogens with zero attached hydrogens (tertiary/aromatic N) is 1. The molecular formula is C24H27N3O2. The van der Waals surface area contributed by atoms with Gasteiger partial charge in [0.05, 0.1) is 11.3 Å². The topological polar surface area (TPSA) is 61.4 Å². The number of carbonyl (C=O) groups excluding carboxylic acids is 2. The Bertz CT molecular complexity index is 999. The van der Waals surface area contributed by atoms with E-state index in [1.165, 1.54) is 12.5 Å². The zero-order chi connectivity index (χ0) is 20.8. The molecule has 2 amide bonds. The number of hydrogen-bond acceptors (Lipinski definition) is 3. The molecule has 0 fully saturated rings. The fraction of sp³-hybridized carbons (Fsp3) is 0.250. The average molecular weight is 389 g/mol. The summed E-state index contributed by atoms with van der Waals surface area (Å²) in [5.41, 5.74) is 2.22. The van der Waals surface area contributed by atoms with E-state index in [2.05, 4.69) is 27.7 Å². The van der Waals surface area contributed by atoms with Crippen LogP contribution in [0.25, 0.3) is 10.8 Å². The molecule has 0 aliphatic carbocycles. The summed E-state index contributed by atoms with van der Waals surface area (Å²) in [6.45, 7) is 1.95. The van der Waals surface area contributed by atoms with Crippen molar-refractivity contribution in [1.82, 2.24) is 10.2 Å². The van der Waals surface area contributed by atoms with E-state index in [0.717, 1.165) is 17.2 Å². The van der Waals surface area contributed by atoms with Gasteiger partial charge in [-0.25, -0.2) is 0 Å². The van der Waals surface area contributed by atoms with Crippen LogP contribution < -0.4 is 10.6 Å². The number of amides is 2. The maximum atomic E-state index is 13.0.